The third kappa shape index (κ3) is 5.63. The van der Waals surface area contributed by atoms with Gasteiger partial charge in [0.15, 0.2) is 35.7 Å². The molecule has 0 saturated carbocycles. The molecule has 6 aliphatic heterocycles. The molecule has 0 radical (unpaired) electrons. The van der Waals surface area contributed by atoms with E-state index in [1.165, 1.54) is 0 Å². The number of rotatable bonds is 6. The van der Waals surface area contributed by atoms with Crippen LogP contribution in [-0.4, -0.2) is 106 Å². The van der Waals surface area contributed by atoms with E-state index in [2.05, 4.69) is 4.72 Å². The lowest BCUT2D eigenvalue weighted by Gasteiger charge is -2.37. The van der Waals surface area contributed by atoms with Gasteiger partial charge < -0.3 is 47.4 Å². The summed E-state index contributed by atoms with van der Waals surface area (Å²) < 4.78 is 93.6. The Morgan fingerprint density at radius 1 is 0.564 bits per heavy atom. The third-order valence-electron chi connectivity index (χ3n) is 7.35. The lowest BCUT2D eigenvalue weighted by Crippen LogP contribution is -2.58. The van der Waals surface area contributed by atoms with Crippen molar-refractivity contribution in [3.8, 4) is 0 Å². The van der Waals surface area contributed by atoms with E-state index in [-0.39, 0.29) is 13.2 Å². The van der Waals surface area contributed by atoms with Crippen molar-refractivity contribution in [3.05, 3.63) is 0 Å². The molecule has 0 amide bonds. The number of fused-ring (bicyclic) bond motifs is 6. The van der Waals surface area contributed by atoms with E-state index in [1.807, 2.05) is 0 Å². The van der Waals surface area contributed by atoms with Gasteiger partial charge in [-0.15, -0.1) is 0 Å². The largest absolute Gasteiger partial charge is 0.342 e. The van der Waals surface area contributed by atoms with Crippen LogP contribution in [0, 0.1) is 0 Å². The molecule has 1 N–H and O–H groups in total. The molecule has 6 rings (SSSR count). The minimum Gasteiger partial charge on any atom is -0.342 e. The summed E-state index contributed by atoms with van der Waals surface area (Å²) in [6.07, 6.45) is -6.28. The molecule has 0 unspecified atom stereocenters. The SMILES string of the molecule is CC1(C)O[C@H]2[C@@H](O1)[C@@H](CNS(=O)(=O)OC[C@H]1O[C@@H]3OC(C)(C)O[C@@H]3[C@H]3OC(C)(C)O[C@H]31)O[C@@H]1OC(C)(C)O[C@@H]12. The van der Waals surface area contributed by atoms with Gasteiger partial charge in [0.1, 0.15) is 48.8 Å². The standard InChI is InChI=1S/C24H39NO13S/c1-21(2)31-13-11(29-19-17(15(13)33-21)35-23(5,6)37-19)9-25-39(26,27)28-10-12-14-16(34-22(3,4)32-14)18-20(30-12)38-24(7,8)36-18/h11-20,25H,9-10H2,1-8H3/t11-,12-,13+,14+,15+,16+,17-,18-,19-,20-/m1/s1. The topological polar surface area (TPSA) is 148 Å². The number of nitrogens with one attached hydrogen (secondary N) is 1. The van der Waals surface area contributed by atoms with Crippen molar-refractivity contribution >= 4 is 10.3 Å². The first-order valence-corrected chi connectivity index (χ1v) is 14.7. The van der Waals surface area contributed by atoms with Crippen molar-refractivity contribution in [2.45, 2.75) is 140 Å². The maximum atomic E-state index is 12.9. The van der Waals surface area contributed by atoms with E-state index in [0.717, 1.165) is 0 Å². The van der Waals surface area contributed by atoms with E-state index >= 15 is 0 Å². The van der Waals surface area contributed by atoms with Gasteiger partial charge in [0.25, 0.3) is 0 Å². The molecule has 224 valence electrons. The summed E-state index contributed by atoms with van der Waals surface area (Å²) in [7, 11) is -4.23. The third-order valence-corrected chi connectivity index (χ3v) is 8.32. The Morgan fingerprint density at radius 3 is 1.46 bits per heavy atom. The number of hydrogen-bond donors (Lipinski definition) is 1. The van der Waals surface area contributed by atoms with Crippen LogP contribution in [0.5, 0.6) is 0 Å². The van der Waals surface area contributed by atoms with Crippen molar-refractivity contribution in [2.24, 2.45) is 0 Å². The maximum Gasteiger partial charge on any atom is 0.336 e. The molecule has 0 aromatic heterocycles. The smallest absolute Gasteiger partial charge is 0.336 e. The van der Waals surface area contributed by atoms with E-state index in [1.54, 1.807) is 55.4 Å². The van der Waals surface area contributed by atoms with Crippen LogP contribution in [-0.2, 0) is 61.9 Å². The van der Waals surface area contributed by atoms with Gasteiger partial charge in [0.2, 0.25) is 0 Å². The molecule has 0 aliphatic carbocycles. The summed E-state index contributed by atoms with van der Waals surface area (Å²) in [6, 6.07) is 0. The van der Waals surface area contributed by atoms with Crippen molar-refractivity contribution in [1.82, 2.24) is 4.72 Å². The van der Waals surface area contributed by atoms with Gasteiger partial charge in [-0.25, -0.2) is 0 Å². The maximum absolute atomic E-state index is 12.9. The minimum atomic E-state index is -4.23. The summed E-state index contributed by atoms with van der Waals surface area (Å²) in [5.41, 5.74) is 0. The second kappa shape index (κ2) is 9.23. The highest BCUT2D eigenvalue weighted by atomic mass is 32.2. The summed E-state index contributed by atoms with van der Waals surface area (Å²) in [5, 5.41) is 0. The van der Waals surface area contributed by atoms with Crippen LogP contribution in [0.2, 0.25) is 0 Å². The first-order chi connectivity index (χ1) is 17.9. The van der Waals surface area contributed by atoms with Gasteiger partial charge >= 0.3 is 10.3 Å². The zero-order valence-corrected chi connectivity index (χ0v) is 24.2. The Hall–Kier alpha value is -0.530. The van der Waals surface area contributed by atoms with E-state index in [9.17, 15) is 8.42 Å². The van der Waals surface area contributed by atoms with Crippen molar-refractivity contribution < 1.29 is 60.0 Å². The second-order valence-corrected chi connectivity index (χ2v) is 13.9. The zero-order chi connectivity index (χ0) is 28.2. The highest BCUT2D eigenvalue weighted by molar-refractivity contribution is 7.84. The molecular weight excluding hydrogens is 542 g/mol. The van der Waals surface area contributed by atoms with Gasteiger partial charge in [-0.2, -0.15) is 13.1 Å². The molecule has 6 saturated heterocycles. The average Bonchev–Trinajstić information content (AvgIpc) is 3.47. The second-order valence-electron chi connectivity index (χ2n) is 12.5. The van der Waals surface area contributed by atoms with Crippen LogP contribution >= 0.6 is 0 Å². The average molecular weight is 582 g/mol. The Kier molecular flexibility index (Phi) is 6.77. The van der Waals surface area contributed by atoms with Crippen molar-refractivity contribution in [1.29, 1.82) is 0 Å². The predicted octanol–water partition coefficient (Wildman–Crippen LogP) is 0.630. The molecule has 6 aliphatic rings. The Labute approximate surface area is 228 Å². The Morgan fingerprint density at radius 2 is 0.949 bits per heavy atom. The fraction of sp³-hybridized carbons (Fsp3) is 1.00. The highest BCUT2D eigenvalue weighted by Gasteiger charge is 2.62. The fourth-order valence-electron chi connectivity index (χ4n) is 6.07. The molecule has 6 heterocycles. The fourth-order valence-corrected chi connectivity index (χ4v) is 6.83. The zero-order valence-electron chi connectivity index (χ0n) is 23.4. The van der Waals surface area contributed by atoms with Gasteiger partial charge in [0.05, 0.1) is 6.61 Å². The van der Waals surface area contributed by atoms with Crippen LogP contribution in [0.15, 0.2) is 0 Å². The lowest BCUT2D eigenvalue weighted by atomic mass is 9.99. The molecule has 0 aromatic rings. The number of ether oxygens (including phenoxy) is 10. The van der Waals surface area contributed by atoms with Crippen molar-refractivity contribution in [2.75, 3.05) is 13.2 Å². The monoisotopic (exact) mass is 581 g/mol. The van der Waals surface area contributed by atoms with E-state index in [0.29, 0.717) is 0 Å². The molecule has 6 fully saturated rings. The predicted molar refractivity (Wildman–Crippen MR) is 128 cm³/mol. The molecule has 39 heavy (non-hydrogen) atoms. The Balaban J connectivity index is 1.10. The summed E-state index contributed by atoms with van der Waals surface area (Å²) in [4.78, 5) is 0. The normalized spacial score (nSPS) is 46.9. The molecule has 0 bridgehead atoms. The molecular formula is C24H39NO13S. The van der Waals surface area contributed by atoms with Crippen LogP contribution in [0.1, 0.15) is 55.4 Å². The van der Waals surface area contributed by atoms with Gasteiger partial charge in [-0.3, -0.25) is 4.18 Å². The van der Waals surface area contributed by atoms with Crippen LogP contribution in [0.3, 0.4) is 0 Å². The summed E-state index contributed by atoms with van der Waals surface area (Å²) in [5.74, 6) is -3.58. The van der Waals surface area contributed by atoms with E-state index < -0.39 is 94.9 Å². The summed E-state index contributed by atoms with van der Waals surface area (Å²) >= 11 is 0. The molecule has 10 atom stereocenters. The molecule has 14 nitrogen and oxygen atoms in total. The first-order valence-electron chi connectivity index (χ1n) is 13.3. The van der Waals surface area contributed by atoms with Gasteiger partial charge in [-0.05, 0) is 55.4 Å². The van der Waals surface area contributed by atoms with E-state index in [4.69, 9.17) is 51.6 Å². The van der Waals surface area contributed by atoms with Crippen LogP contribution in [0.4, 0.5) is 0 Å². The molecule has 15 heteroatoms. The van der Waals surface area contributed by atoms with Crippen LogP contribution in [0.25, 0.3) is 0 Å². The van der Waals surface area contributed by atoms with Gasteiger partial charge in [0, 0.05) is 6.54 Å². The quantitative estimate of drug-likeness (QED) is 0.468. The molecule has 0 spiro atoms. The highest BCUT2D eigenvalue weighted by Crippen LogP contribution is 2.45. The first kappa shape index (κ1) is 28.6. The Bertz CT molecular complexity index is 988. The minimum absolute atomic E-state index is 0.143. The lowest BCUT2D eigenvalue weighted by molar-refractivity contribution is -0.238. The number of hydrogen-bond acceptors (Lipinski definition) is 13. The summed E-state index contributed by atoms with van der Waals surface area (Å²) in [6.45, 7) is 13.7. The molecule has 0 aromatic carbocycles. The van der Waals surface area contributed by atoms with Crippen LogP contribution < -0.4 is 4.72 Å². The van der Waals surface area contributed by atoms with Gasteiger partial charge in [-0.1, -0.05) is 0 Å². The van der Waals surface area contributed by atoms with Crippen molar-refractivity contribution in [3.63, 3.8) is 0 Å².